The van der Waals surface area contributed by atoms with Gasteiger partial charge in [-0.3, -0.25) is 9.59 Å². The maximum atomic E-state index is 12.8. The largest absolute Gasteiger partial charge is 0.481 e. The van der Waals surface area contributed by atoms with Gasteiger partial charge in [0.2, 0.25) is 0 Å². The predicted molar refractivity (Wildman–Crippen MR) is 49.5 cm³/mol. The minimum Gasteiger partial charge on any atom is -0.481 e. The Morgan fingerprint density at radius 3 is 2.56 bits per heavy atom. The molecule has 104 valence electrons. The zero-order valence-corrected chi connectivity index (χ0v) is 9.11. The predicted octanol–water partition coefficient (Wildman–Crippen LogP) is 0.589. The Morgan fingerprint density at radius 1 is 1.44 bits per heavy atom. The molecule has 1 heterocycles. The molecular formula is C9H11F4NO4. The molecule has 1 aliphatic heterocycles. The molecule has 1 atom stereocenters. The van der Waals surface area contributed by atoms with E-state index < -0.39 is 43.3 Å². The first kappa shape index (κ1) is 14.7. The van der Waals surface area contributed by atoms with Crippen LogP contribution in [-0.4, -0.2) is 60.0 Å². The third-order valence-electron chi connectivity index (χ3n) is 2.39. The summed E-state index contributed by atoms with van der Waals surface area (Å²) in [5.41, 5.74) is 0. The van der Waals surface area contributed by atoms with Gasteiger partial charge in [0.1, 0.15) is 0 Å². The van der Waals surface area contributed by atoms with Crippen molar-refractivity contribution in [1.29, 1.82) is 0 Å². The Kier molecular flexibility index (Phi) is 4.49. The van der Waals surface area contributed by atoms with E-state index in [0.717, 1.165) is 0 Å². The molecule has 0 aromatic carbocycles. The van der Waals surface area contributed by atoms with Crippen LogP contribution in [0.25, 0.3) is 0 Å². The van der Waals surface area contributed by atoms with Gasteiger partial charge in [0.05, 0.1) is 19.1 Å². The van der Waals surface area contributed by atoms with Crippen LogP contribution >= 0.6 is 0 Å². The fraction of sp³-hybridized carbons (Fsp3) is 0.778. The molecule has 5 nitrogen and oxygen atoms in total. The van der Waals surface area contributed by atoms with Crippen LogP contribution in [-0.2, 0) is 14.3 Å². The molecule has 1 N–H and O–H groups in total. The minimum atomic E-state index is -4.76. The lowest BCUT2D eigenvalue weighted by Gasteiger charge is -2.34. The molecule has 0 saturated carbocycles. The van der Waals surface area contributed by atoms with Crippen LogP contribution in [0.15, 0.2) is 0 Å². The highest BCUT2D eigenvalue weighted by molar-refractivity contribution is 5.84. The lowest BCUT2D eigenvalue weighted by molar-refractivity contribution is -0.186. The van der Waals surface area contributed by atoms with Crippen molar-refractivity contribution >= 4 is 11.9 Å². The van der Waals surface area contributed by atoms with E-state index in [9.17, 15) is 27.2 Å². The number of alkyl halides is 4. The number of carbonyl (C=O) groups excluding carboxylic acids is 1. The first-order valence-corrected chi connectivity index (χ1v) is 5.04. The van der Waals surface area contributed by atoms with Crippen LogP contribution in [0, 0.1) is 0 Å². The number of amides is 1. The lowest BCUT2D eigenvalue weighted by atomic mass is 10.2. The molecule has 0 spiro atoms. The van der Waals surface area contributed by atoms with Gasteiger partial charge in [-0.05, 0) is 0 Å². The Labute approximate surface area is 99.3 Å². The molecule has 1 fully saturated rings. The van der Waals surface area contributed by atoms with Gasteiger partial charge in [0, 0.05) is 13.1 Å². The number of hydrogen-bond acceptors (Lipinski definition) is 3. The standard InChI is InChI=1S/C9H11F4NO4/c10-7(11)9(12,13)8(17)14-1-2-18-5(4-14)3-6(15)16/h5,7H,1-4H2,(H,15,16). The average Bonchev–Trinajstić information content (AvgIpc) is 2.27. The number of ether oxygens (including phenoxy) is 1. The van der Waals surface area contributed by atoms with Crippen LogP contribution < -0.4 is 0 Å². The second-order valence-corrected chi connectivity index (χ2v) is 3.77. The van der Waals surface area contributed by atoms with Crippen molar-refractivity contribution < 1.29 is 37.0 Å². The topological polar surface area (TPSA) is 66.8 Å². The monoisotopic (exact) mass is 273 g/mol. The summed E-state index contributed by atoms with van der Waals surface area (Å²) in [6.07, 6.45) is -5.54. The number of morpholine rings is 1. The summed E-state index contributed by atoms with van der Waals surface area (Å²) in [5.74, 6) is -7.99. The normalized spacial score (nSPS) is 21.2. The van der Waals surface area contributed by atoms with E-state index in [2.05, 4.69) is 0 Å². The van der Waals surface area contributed by atoms with Gasteiger partial charge >= 0.3 is 18.3 Å². The van der Waals surface area contributed by atoms with Gasteiger partial charge in [-0.15, -0.1) is 0 Å². The Morgan fingerprint density at radius 2 is 2.06 bits per heavy atom. The van der Waals surface area contributed by atoms with E-state index in [-0.39, 0.29) is 13.2 Å². The fourth-order valence-corrected chi connectivity index (χ4v) is 1.53. The zero-order chi connectivity index (χ0) is 13.9. The van der Waals surface area contributed by atoms with Crippen molar-refractivity contribution in [2.24, 2.45) is 0 Å². The fourth-order valence-electron chi connectivity index (χ4n) is 1.53. The second-order valence-electron chi connectivity index (χ2n) is 3.77. The molecule has 1 rings (SSSR count). The Hall–Kier alpha value is -1.38. The number of carboxylic acid groups (broad SMARTS) is 1. The number of nitrogens with zero attached hydrogens (tertiary/aromatic N) is 1. The molecule has 1 saturated heterocycles. The van der Waals surface area contributed by atoms with Crippen LogP contribution in [0.4, 0.5) is 17.6 Å². The highest BCUT2D eigenvalue weighted by atomic mass is 19.3. The van der Waals surface area contributed by atoms with Crippen LogP contribution in [0.5, 0.6) is 0 Å². The number of carbonyl (C=O) groups is 2. The maximum absolute atomic E-state index is 12.8. The molecule has 18 heavy (non-hydrogen) atoms. The van der Waals surface area contributed by atoms with Crippen LogP contribution in [0.3, 0.4) is 0 Å². The lowest BCUT2D eigenvalue weighted by Crippen LogP contribution is -2.54. The molecule has 0 bridgehead atoms. The zero-order valence-electron chi connectivity index (χ0n) is 9.11. The number of aliphatic carboxylic acids is 1. The smallest absolute Gasteiger partial charge is 0.383 e. The highest BCUT2D eigenvalue weighted by Gasteiger charge is 2.51. The van der Waals surface area contributed by atoms with E-state index >= 15 is 0 Å². The van der Waals surface area contributed by atoms with Gasteiger partial charge in [-0.2, -0.15) is 8.78 Å². The van der Waals surface area contributed by atoms with E-state index in [1.807, 2.05) is 0 Å². The van der Waals surface area contributed by atoms with Crippen molar-refractivity contribution in [3.05, 3.63) is 0 Å². The molecule has 0 aromatic rings. The SMILES string of the molecule is O=C(O)CC1CN(C(=O)C(F)(F)C(F)F)CCO1. The van der Waals surface area contributed by atoms with E-state index in [1.165, 1.54) is 0 Å². The van der Waals surface area contributed by atoms with Crippen molar-refractivity contribution in [1.82, 2.24) is 4.90 Å². The molecule has 1 unspecified atom stereocenters. The summed E-state index contributed by atoms with van der Waals surface area (Å²) in [6.45, 7) is -0.867. The third kappa shape index (κ3) is 3.31. The first-order chi connectivity index (χ1) is 8.25. The molecule has 9 heteroatoms. The Bertz CT molecular complexity index is 337. The quantitative estimate of drug-likeness (QED) is 0.761. The number of carboxylic acids is 1. The summed E-state index contributed by atoms with van der Waals surface area (Å²) in [4.78, 5) is 22.1. The van der Waals surface area contributed by atoms with Crippen LogP contribution in [0.1, 0.15) is 6.42 Å². The summed E-state index contributed by atoms with van der Waals surface area (Å²) >= 11 is 0. The third-order valence-corrected chi connectivity index (χ3v) is 2.39. The van der Waals surface area contributed by atoms with Gasteiger partial charge in [-0.1, -0.05) is 0 Å². The molecular weight excluding hydrogens is 262 g/mol. The number of rotatable bonds is 4. The molecule has 0 aromatic heterocycles. The van der Waals surface area contributed by atoms with Gasteiger partial charge in [-0.25, -0.2) is 8.78 Å². The van der Waals surface area contributed by atoms with Gasteiger partial charge < -0.3 is 14.7 Å². The summed E-state index contributed by atoms with van der Waals surface area (Å²) in [5, 5.41) is 8.49. The van der Waals surface area contributed by atoms with Gasteiger partial charge in [0.15, 0.2) is 0 Å². The van der Waals surface area contributed by atoms with Crippen molar-refractivity contribution in [2.75, 3.05) is 19.7 Å². The first-order valence-electron chi connectivity index (χ1n) is 5.04. The van der Waals surface area contributed by atoms with Crippen molar-refractivity contribution in [3.8, 4) is 0 Å². The van der Waals surface area contributed by atoms with E-state index in [4.69, 9.17) is 9.84 Å². The summed E-state index contributed by atoms with van der Waals surface area (Å²) < 4.78 is 54.6. The minimum absolute atomic E-state index is 0.164. The molecule has 0 radical (unpaired) electrons. The van der Waals surface area contributed by atoms with Gasteiger partial charge in [0.25, 0.3) is 5.91 Å². The summed E-state index contributed by atoms with van der Waals surface area (Å²) in [6, 6.07) is 0. The van der Waals surface area contributed by atoms with Crippen LogP contribution in [0.2, 0.25) is 0 Å². The number of hydrogen-bond donors (Lipinski definition) is 1. The second kappa shape index (κ2) is 5.51. The van der Waals surface area contributed by atoms with Crippen molar-refractivity contribution in [3.63, 3.8) is 0 Å². The Balaban J connectivity index is 2.66. The highest BCUT2D eigenvalue weighted by Crippen LogP contribution is 2.26. The number of halogens is 4. The maximum Gasteiger partial charge on any atom is 0.383 e. The molecule has 1 aliphatic rings. The average molecular weight is 273 g/mol. The van der Waals surface area contributed by atoms with Crippen molar-refractivity contribution in [2.45, 2.75) is 24.9 Å². The van der Waals surface area contributed by atoms with E-state index in [1.54, 1.807) is 0 Å². The summed E-state index contributed by atoms with van der Waals surface area (Å²) in [7, 11) is 0. The molecule has 0 aliphatic carbocycles. The molecule has 1 amide bonds. The van der Waals surface area contributed by atoms with E-state index in [0.29, 0.717) is 4.90 Å².